The molecule has 1 aromatic carbocycles. The molecule has 0 fully saturated rings. The molecule has 16 heavy (non-hydrogen) atoms. The number of hydrogen-bond acceptors (Lipinski definition) is 3. The largest absolute Gasteiger partial charge is 0.452 e. The third-order valence-electron chi connectivity index (χ3n) is 1.63. The molecule has 0 aliphatic rings. The van der Waals surface area contributed by atoms with Gasteiger partial charge >= 0.3 is 0 Å². The van der Waals surface area contributed by atoms with Crippen LogP contribution in [0, 0.1) is 0 Å². The summed E-state index contributed by atoms with van der Waals surface area (Å²) in [6.45, 7) is 0. The van der Waals surface area contributed by atoms with E-state index in [-0.39, 0.29) is 5.76 Å². The predicted octanol–water partition coefficient (Wildman–Crippen LogP) is 2.97. The number of benzene rings is 1. The Morgan fingerprint density at radius 3 is 2.50 bits per heavy atom. The van der Waals surface area contributed by atoms with Crippen molar-refractivity contribution in [1.29, 1.82) is 0 Å². The van der Waals surface area contributed by atoms with Gasteiger partial charge in [0.15, 0.2) is 12.0 Å². The van der Waals surface area contributed by atoms with Crippen molar-refractivity contribution in [3.8, 4) is 5.75 Å². The van der Waals surface area contributed by atoms with Crippen molar-refractivity contribution >= 4 is 29.5 Å². The van der Waals surface area contributed by atoms with Crippen LogP contribution < -0.4 is 4.74 Å². The lowest BCUT2D eigenvalue weighted by Crippen LogP contribution is -2.07. The first kappa shape index (κ1) is 12.9. The van der Waals surface area contributed by atoms with Crippen molar-refractivity contribution in [2.24, 2.45) is 0 Å². The number of ether oxygens (including phenoxy) is 1. The molecule has 1 rings (SSSR count). The number of carbonyl (C=O) groups is 1. The first-order chi connectivity index (χ1) is 7.52. The maximum absolute atomic E-state index is 10.7. The van der Waals surface area contributed by atoms with Crippen LogP contribution in [0.4, 0.5) is 0 Å². The normalized spacial score (nSPS) is 11.1. The lowest BCUT2D eigenvalue weighted by Gasteiger charge is -2.09. The minimum atomic E-state index is 0.198. The van der Waals surface area contributed by atoms with E-state index in [4.69, 9.17) is 27.9 Å². The zero-order valence-electron chi connectivity index (χ0n) is 8.91. The predicted molar refractivity (Wildman–Crippen MR) is 64.9 cm³/mol. The van der Waals surface area contributed by atoms with Gasteiger partial charge in [-0.25, -0.2) is 0 Å². The van der Waals surface area contributed by atoms with Crippen LogP contribution in [0.3, 0.4) is 0 Å². The zero-order chi connectivity index (χ0) is 12.1. The molecule has 0 heterocycles. The molecule has 0 aliphatic heterocycles. The molecule has 0 saturated carbocycles. The molecule has 0 aliphatic carbocycles. The molecule has 0 spiro atoms. The molecule has 0 saturated heterocycles. The van der Waals surface area contributed by atoms with Crippen molar-refractivity contribution in [3.63, 3.8) is 0 Å². The Hall–Kier alpha value is -1.19. The minimum absolute atomic E-state index is 0.198. The fraction of sp³-hybridized carbons (Fsp3) is 0.182. The molecule has 0 N–H and O–H groups in total. The van der Waals surface area contributed by atoms with Gasteiger partial charge in [0.1, 0.15) is 5.75 Å². The monoisotopic (exact) mass is 259 g/mol. The van der Waals surface area contributed by atoms with Crippen LogP contribution in [0.5, 0.6) is 5.75 Å². The molecular weight excluding hydrogens is 249 g/mol. The van der Waals surface area contributed by atoms with Gasteiger partial charge in [0.25, 0.3) is 0 Å². The van der Waals surface area contributed by atoms with Crippen molar-refractivity contribution < 1.29 is 9.53 Å². The molecule has 0 amide bonds. The number of halogens is 2. The van der Waals surface area contributed by atoms with E-state index in [9.17, 15) is 4.79 Å². The van der Waals surface area contributed by atoms with Crippen LogP contribution >= 0.6 is 23.2 Å². The van der Waals surface area contributed by atoms with Gasteiger partial charge in [0.05, 0.1) is 10.0 Å². The summed E-state index contributed by atoms with van der Waals surface area (Å²) >= 11 is 11.6. The standard InChI is InChI=1S/C11H11Cl2NO2/c1-14(2)6-9(7-15)16-8-3-4-10(12)11(13)5-8/h3-7H,1-2H3/b9-6-. The maximum Gasteiger partial charge on any atom is 0.186 e. The van der Waals surface area contributed by atoms with Crippen molar-refractivity contribution in [2.75, 3.05) is 14.1 Å². The van der Waals surface area contributed by atoms with Crippen LogP contribution in [-0.2, 0) is 4.79 Å². The molecule has 0 aromatic heterocycles. The summed E-state index contributed by atoms with van der Waals surface area (Å²) in [5, 5.41) is 0.826. The molecule has 0 atom stereocenters. The van der Waals surface area contributed by atoms with Gasteiger partial charge in [-0.15, -0.1) is 0 Å². The Labute approximate surface area is 104 Å². The topological polar surface area (TPSA) is 29.5 Å². The molecule has 0 radical (unpaired) electrons. The molecule has 0 unspecified atom stereocenters. The van der Waals surface area contributed by atoms with Gasteiger partial charge in [-0.2, -0.15) is 0 Å². The summed E-state index contributed by atoms with van der Waals surface area (Å²) in [5.74, 6) is 0.665. The molecule has 0 bridgehead atoms. The van der Waals surface area contributed by atoms with Crippen molar-refractivity contribution in [1.82, 2.24) is 4.90 Å². The molecule has 86 valence electrons. The average molecular weight is 260 g/mol. The minimum Gasteiger partial charge on any atom is -0.452 e. The van der Waals surface area contributed by atoms with E-state index in [0.717, 1.165) is 0 Å². The second-order valence-electron chi connectivity index (χ2n) is 3.29. The fourth-order valence-electron chi connectivity index (χ4n) is 1.01. The lowest BCUT2D eigenvalue weighted by molar-refractivity contribution is -0.106. The van der Waals surface area contributed by atoms with E-state index in [0.29, 0.717) is 22.1 Å². The van der Waals surface area contributed by atoms with E-state index < -0.39 is 0 Å². The second kappa shape index (κ2) is 5.77. The van der Waals surface area contributed by atoms with Crippen LogP contribution in [0.2, 0.25) is 10.0 Å². The van der Waals surface area contributed by atoms with E-state index in [2.05, 4.69) is 0 Å². The van der Waals surface area contributed by atoms with E-state index in [1.54, 1.807) is 43.4 Å². The van der Waals surface area contributed by atoms with Crippen LogP contribution in [-0.4, -0.2) is 25.3 Å². The van der Waals surface area contributed by atoms with Crippen LogP contribution in [0.25, 0.3) is 0 Å². The fourth-order valence-corrected chi connectivity index (χ4v) is 1.30. The highest BCUT2D eigenvalue weighted by Crippen LogP contribution is 2.27. The Bertz CT molecular complexity index is 416. The van der Waals surface area contributed by atoms with Crippen molar-refractivity contribution in [3.05, 3.63) is 40.2 Å². The third-order valence-corrected chi connectivity index (χ3v) is 2.37. The Kier molecular flexibility index (Phi) is 4.65. The lowest BCUT2D eigenvalue weighted by atomic mass is 10.3. The summed E-state index contributed by atoms with van der Waals surface area (Å²) in [6, 6.07) is 4.80. The third kappa shape index (κ3) is 3.76. The first-order valence-electron chi connectivity index (χ1n) is 4.49. The van der Waals surface area contributed by atoms with Crippen LogP contribution in [0.15, 0.2) is 30.2 Å². The summed E-state index contributed by atoms with van der Waals surface area (Å²) in [4.78, 5) is 12.4. The van der Waals surface area contributed by atoms with E-state index in [1.165, 1.54) is 0 Å². The molecule has 1 aromatic rings. The van der Waals surface area contributed by atoms with Gasteiger partial charge in [-0.3, -0.25) is 4.79 Å². The Balaban J connectivity index is 2.86. The quantitative estimate of drug-likeness (QED) is 0.473. The van der Waals surface area contributed by atoms with Crippen molar-refractivity contribution in [2.45, 2.75) is 0 Å². The Morgan fingerprint density at radius 2 is 2.00 bits per heavy atom. The van der Waals surface area contributed by atoms with Gasteiger partial charge in [-0.1, -0.05) is 23.2 Å². The van der Waals surface area contributed by atoms with Crippen LogP contribution in [0.1, 0.15) is 0 Å². The summed E-state index contributed by atoms with van der Waals surface area (Å²) in [5.41, 5.74) is 0. The van der Waals surface area contributed by atoms with E-state index in [1.807, 2.05) is 0 Å². The maximum atomic E-state index is 10.7. The molecular formula is C11H11Cl2NO2. The van der Waals surface area contributed by atoms with E-state index >= 15 is 0 Å². The summed E-state index contributed by atoms with van der Waals surface area (Å²) in [7, 11) is 3.59. The zero-order valence-corrected chi connectivity index (χ0v) is 10.4. The molecule has 5 heteroatoms. The van der Waals surface area contributed by atoms with Gasteiger partial charge in [-0.05, 0) is 12.1 Å². The first-order valence-corrected chi connectivity index (χ1v) is 5.25. The summed E-state index contributed by atoms with van der Waals surface area (Å²) in [6.07, 6.45) is 2.19. The number of aldehydes is 1. The average Bonchev–Trinajstić information content (AvgIpc) is 2.22. The number of nitrogens with zero attached hydrogens (tertiary/aromatic N) is 1. The van der Waals surface area contributed by atoms with Gasteiger partial charge in [0, 0.05) is 26.4 Å². The number of allylic oxidation sites excluding steroid dienone is 1. The smallest absolute Gasteiger partial charge is 0.186 e. The summed E-state index contributed by atoms with van der Waals surface area (Å²) < 4.78 is 5.32. The highest BCUT2D eigenvalue weighted by Gasteiger charge is 2.03. The van der Waals surface area contributed by atoms with Gasteiger partial charge < -0.3 is 9.64 Å². The SMILES string of the molecule is CN(C)/C=C(/C=O)Oc1ccc(Cl)c(Cl)c1. The number of hydrogen-bond donors (Lipinski definition) is 0. The number of carbonyl (C=O) groups excluding carboxylic acids is 1. The highest BCUT2D eigenvalue weighted by atomic mass is 35.5. The number of rotatable bonds is 4. The molecule has 3 nitrogen and oxygen atoms in total. The second-order valence-corrected chi connectivity index (χ2v) is 4.11. The Morgan fingerprint density at radius 1 is 1.31 bits per heavy atom. The van der Waals surface area contributed by atoms with Gasteiger partial charge in [0.2, 0.25) is 0 Å². The highest BCUT2D eigenvalue weighted by molar-refractivity contribution is 6.42.